The standard InChI is InChI=1S/C11H13FN2O/c1-6(2)10-11(15)14-8-4-3-7(12)5-9(8)13-10/h3-6,10,13H,1-2H3,(H,14,15). The number of benzene rings is 1. The lowest BCUT2D eigenvalue weighted by Gasteiger charge is -2.29. The molecule has 1 heterocycles. The summed E-state index contributed by atoms with van der Waals surface area (Å²) >= 11 is 0. The summed E-state index contributed by atoms with van der Waals surface area (Å²) in [6.45, 7) is 3.89. The summed E-state index contributed by atoms with van der Waals surface area (Å²) < 4.78 is 13.0. The highest BCUT2D eigenvalue weighted by Gasteiger charge is 2.27. The monoisotopic (exact) mass is 208 g/mol. The highest BCUT2D eigenvalue weighted by molar-refractivity contribution is 6.03. The van der Waals surface area contributed by atoms with E-state index in [1.807, 2.05) is 13.8 Å². The maximum atomic E-state index is 13.0. The fourth-order valence-electron chi connectivity index (χ4n) is 1.66. The number of carbonyl (C=O) groups is 1. The summed E-state index contributed by atoms with van der Waals surface area (Å²) in [6, 6.07) is 3.99. The molecule has 80 valence electrons. The normalized spacial score (nSPS) is 19.5. The van der Waals surface area contributed by atoms with Crippen LogP contribution in [-0.2, 0) is 4.79 Å². The summed E-state index contributed by atoms with van der Waals surface area (Å²) in [5.41, 5.74) is 1.28. The van der Waals surface area contributed by atoms with E-state index in [0.717, 1.165) is 0 Å². The van der Waals surface area contributed by atoms with Gasteiger partial charge in [-0.1, -0.05) is 13.8 Å². The smallest absolute Gasteiger partial charge is 0.247 e. The molecule has 0 aliphatic carbocycles. The SMILES string of the molecule is CC(C)C1Nc2cc(F)ccc2NC1=O. The molecule has 0 aromatic heterocycles. The zero-order valence-corrected chi connectivity index (χ0v) is 8.67. The maximum absolute atomic E-state index is 13.0. The molecule has 0 saturated heterocycles. The van der Waals surface area contributed by atoms with E-state index in [1.165, 1.54) is 12.1 Å². The minimum Gasteiger partial charge on any atom is -0.372 e. The van der Waals surface area contributed by atoms with Crippen LogP contribution in [0.4, 0.5) is 15.8 Å². The molecule has 1 aromatic rings. The Morgan fingerprint density at radius 1 is 1.33 bits per heavy atom. The van der Waals surface area contributed by atoms with Crippen molar-refractivity contribution in [1.82, 2.24) is 0 Å². The molecule has 1 unspecified atom stereocenters. The highest BCUT2D eigenvalue weighted by Crippen LogP contribution is 2.28. The van der Waals surface area contributed by atoms with Gasteiger partial charge in [-0.15, -0.1) is 0 Å². The van der Waals surface area contributed by atoms with Gasteiger partial charge in [-0.25, -0.2) is 4.39 Å². The van der Waals surface area contributed by atoms with E-state index in [9.17, 15) is 9.18 Å². The highest BCUT2D eigenvalue weighted by atomic mass is 19.1. The first-order chi connectivity index (χ1) is 7.08. The quantitative estimate of drug-likeness (QED) is 0.743. The van der Waals surface area contributed by atoms with Crippen LogP contribution in [0.5, 0.6) is 0 Å². The van der Waals surface area contributed by atoms with E-state index in [2.05, 4.69) is 10.6 Å². The molecule has 1 aliphatic rings. The van der Waals surface area contributed by atoms with Gasteiger partial charge in [0.05, 0.1) is 11.4 Å². The van der Waals surface area contributed by atoms with Gasteiger partial charge in [0.1, 0.15) is 11.9 Å². The first-order valence-electron chi connectivity index (χ1n) is 4.95. The number of anilines is 2. The third-order valence-electron chi connectivity index (χ3n) is 2.50. The van der Waals surface area contributed by atoms with Crippen molar-refractivity contribution in [2.75, 3.05) is 10.6 Å². The minimum atomic E-state index is -0.306. The number of fused-ring (bicyclic) bond motifs is 1. The molecule has 1 amide bonds. The van der Waals surface area contributed by atoms with E-state index in [1.54, 1.807) is 6.07 Å². The molecule has 15 heavy (non-hydrogen) atoms. The van der Waals surface area contributed by atoms with Gasteiger partial charge < -0.3 is 10.6 Å². The summed E-state index contributed by atoms with van der Waals surface area (Å²) in [5.74, 6) is -0.203. The Kier molecular flexibility index (Phi) is 2.34. The van der Waals surface area contributed by atoms with Crippen LogP contribution in [0.3, 0.4) is 0 Å². The predicted molar refractivity (Wildman–Crippen MR) is 57.3 cm³/mol. The third-order valence-corrected chi connectivity index (χ3v) is 2.50. The van der Waals surface area contributed by atoms with Crippen LogP contribution in [0.25, 0.3) is 0 Å². The number of rotatable bonds is 1. The van der Waals surface area contributed by atoms with Crippen LogP contribution in [0.15, 0.2) is 18.2 Å². The molecule has 1 aliphatic heterocycles. The zero-order chi connectivity index (χ0) is 11.0. The number of amides is 1. The van der Waals surface area contributed by atoms with Crippen molar-refractivity contribution in [3.05, 3.63) is 24.0 Å². The summed E-state index contributed by atoms with van der Waals surface area (Å²) in [7, 11) is 0. The lowest BCUT2D eigenvalue weighted by Crippen LogP contribution is -2.42. The van der Waals surface area contributed by atoms with Crippen molar-refractivity contribution < 1.29 is 9.18 Å². The first kappa shape index (κ1) is 9.96. The molecular formula is C11H13FN2O. The Hall–Kier alpha value is -1.58. The van der Waals surface area contributed by atoms with Crippen LogP contribution in [0.2, 0.25) is 0 Å². The Balaban J connectivity index is 2.34. The Morgan fingerprint density at radius 3 is 2.73 bits per heavy atom. The zero-order valence-electron chi connectivity index (χ0n) is 8.67. The van der Waals surface area contributed by atoms with Crippen LogP contribution >= 0.6 is 0 Å². The van der Waals surface area contributed by atoms with Gasteiger partial charge in [-0.2, -0.15) is 0 Å². The van der Waals surface area contributed by atoms with Crippen molar-refractivity contribution in [3.63, 3.8) is 0 Å². The lowest BCUT2D eigenvalue weighted by atomic mass is 10.0. The second-order valence-corrected chi connectivity index (χ2v) is 4.05. The molecular weight excluding hydrogens is 195 g/mol. The van der Waals surface area contributed by atoms with Gasteiger partial charge in [0, 0.05) is 0 Å². The molecule has 3 nitrogen and oxygen atoms in total. The Bertz CT molecular complexity index is 404. The van der Waals surface area contributed by atoms with E-state index in [4.69, 9.17) is 0 Å². The molecule has 2 rings (SSSR count). The van der Waals surface area contributed by atoms with Crippen molar-refractivity contribution in [2.24, 2.45) is 5.92 Å². The van der Waals surface area contributed by atoms with Gasteiger partial charge in [0.15, 0.2) is 0 Å². The Morgan fingerprint density at radius 2 is 2.07 bits per heavy atom. The number of hydrogen-bond acceptors (Lipinski definition) is 2. The molecule has 1 atom stereocenters. The molecule has 4 heteroatoms. The Labute approximate surface area is 87.7 Å². The lowest BCUT2D eigenvalue weighted by molar-refractivity contribution is -0.117. The van der Waals surface area contributed by atoms with Crippen LogP contribution in [0, 0.1) is 11.7 Å². The summed E-state index contributed by atoms with van der Waals surface area (Å²) in [4.78, 5) is 11.6. The molecule has 0 bridgehead atoms. The molecule has 1 aromatic carbocycles. The number of halogens is 1. The number of hydrogen-bond donors (Lipinski definition) is 2. The van der Waals surface area contributed by atoms with Gasteiger partial charge in [0.2, 0.25) is 5.91 Å². The topological polar surface area (TPSA) is 41.1 Å². The van der Waals surface area contributed by atoms with E-state index in [0.29, 0.717) is 11.4 Å². The molecule has 0 fully saturated rings. The molecule has 0 spiro atoms. The van der Waals surface area contributed by atoms with Crippen LogP contribution in [0.1, 0.15) is 13.8 Å². The van der Waals surface area contributed by atoms with Gasteiger partial charge in [-0.3, -0.25) is 4.79 Å². The fourth-order valence-corrected chi connectivity index (χ4v) is 1.66. The van der Waals surface area contributed by atoms with Crippen molar-refractivity contribution in [2.45, 2.75) is 19.9 Å². The second-order valence-electron chi connectivity index (χ2n) is 4.05. The first-order valence-corrected chi connectivity index (χ1v) is 4.95. The van der Waals surface area contributed by atoms with Gasteiger partial charge in [-0.05, 0) is 24.1 Å². The van der Waals surface area contributed by atoms with Crippen molar-refractivity contribution >= 4 is 17.3 Å². The molecule has 0 radical (unpaired) electrons. The number of carbonyl (C=O) groups excluding carboxylic acids is 1. The summed E-state index contributed by atoms with van der Waals surface area (Å²) in [6.07, 6.45) is 0. The van der Waals surface area contributed by atoms with Gasteiger partial charge >= 0.3 is 0 Å². The van der Waals surface area contributed by atoms with Crippen molar-refractivity contribution in [3.8, 4) is 0 Å². The third kappa shape index (κ3) is 1.79. The van der Waals surface area contributed by atoms with E-state index in [-0.39, 0.29) is 23.7 Å². The largest absolute Gasteiger partial charge is 0.372 e. The van der Waals surface area contributed by atoms with Crippen molar-refractivity contribution in [1.29, 1.82) is 0 Å². The number of nitrogens with one attached hydrogen (secondary N) is 2. The van der Waals surface area contributed by atoms with E-state index < -0.39 is 0 Å². The molecule has 0 saturated carbocycles. The molecule has 2 N–H and O–H groups in total. The average Bonchev–Trinajstić information content (AvgIpc) is 2.17. The predicted octanol–water partition coefficient (Wildman–Crippen LogP) is 2.21. The average molecular weight is 208 g/mol. The fraction of sp³-hybridized carbons (Fsp3) is 0.364. The second kappa shape index (κ2) is 3.53. The summed E-state index contributed by atoms with van der Waals surface area (Å²) in [5, 5.41) is 5.79. The van der Waals surface area contributed by atoms with E-state index >= 15 is 0 Å². The maximum Gasteiger partial charge on any atom is 0.247 e. The van der Waals surface area contributed by atoms with Crippen LogP contribution < -0.4 is 10.6 Å². The van der Waals surface area contributed by atoms with Crippen LogP contribution in [-0.4, -0.2) is 11.9 Å². The van der Waals surface area contributed by atoms with Gasteiger partial charge in [0.25, 0.3) is 0 Å². The minimum absolute atomic E-state index is 0.0656.